The number of anilines is 1. The van der Waals surface area contributed by atoms with Crippen molar-refractivity contribution >= 4 is 22.5 Å². The lowest BCUT2D eigenvalue weighted by molar-refractivity contribution is -0.115. The fourth-order valence-corrected chi connectivity index (χ4v) is 1.67. The highest BCUT2D eigenvalue weighted by atomic mass is 16.1. The minimum atomic E-state index is -0.283. The van der Waals surface area contributed by atoms with Crippen molar-refractivity contribution in [2.45, 2.75) is 13.3 Å². The van der Waals surface area contributed by atoms with Crippen molar-refractivity contribution in [2.75, 3.05) is 5.32 Å². The summed E-state index contributed by atoms with van der Waals surface area (Å²) in [6, 6.07) is 9.42. The summed E-state index contributed by atoms with van der Waals surface area (Å²) < 4.78 is 0. The Kier molecular flexibility index (Phi) is 2.61. The maximum absolute atomic E-state index is 11.3. The number of fused-ring (bicyclic) bond motifs is 1. The van der Waals surface area contributed by atoms with Gasteiger partial charge in [0.25, 0.3) is 0 Å². The number of carbonyl (C=O) groups excluding carboxylic acids is 1. The van der Waals surface area contributed by atoms with Crippen molar-refractivity contribution in [2.24, 2.45) is 0 Å². The van der Waals surface area contributed by atoms with Gasteiger partial charge in [0, 0.05) is 16.6 Å². The Bertz CT molecular complexity index is 577. The molecule has 2 N–H and O–H groups in total. The largest absolute Gasteiger partial charge is 0.359 e. The average molecular weight is 213 g/mol. The maximum Gasteiger partial charge on any atom is 0.238 e. The van der Waals surface area contributed by atoms with Crippen LogP contribution in [0.15, 0.2) is 24.3 Å². The van der Waals surface area contributed by atoms with Gasteiger partial charge in [0.1, 0.15) is 6.42 Å². The summed E-state index contributed by atoms with van der Waals surface area (Å²) in [4.78, 5) is 14.5. The summed E-state index contributed by atoms with van der Waals surface area (Å²) >= 11 is 0. The van der Waals surface area contributed by atoms with E-state index in [0.29, 0.717) is 0 Å². The first-order valence-electron chi connectivity index (χ1n) is 4.96. The number of hydrogen-bond donors (Lipinski definition) is 2. The zero-order valence-electron chi connectivity index (χ0n) is 8.87. The molecular weight excluding hydrogens is 202 g/mol. The van der Waals surface area contributed by atoms with Gasteiger partial charge in [-0.05, 0) is 25.1 Å². The second kappa shape index (κ2) is 4.07. The van der Waals surface area contributed by atoms with Crippen LogP contribution < -0.4 is 5.32 Å². The van der Waals surface area contributed by atoms with E-state index in [0.717, 1.165) is 22.3 Å². The Morgan fingerprint density at radius 1 is 1.56 bits per heavy atom. The van der Waals surface area contributed by atoms with Gasteiger partial charge in [-0.25, -0.2) is 0 Å². The Morgan fingerprint density at radius 2 is 2.38 bits per heavy atom. The van der Waals surface area contributed by atoms with Crippen LogP contribution in [-0.2, 0) is 4.79 Å². The van der Waals surface area contributed by atoms with E-state index in [4.69, 9.17) is 5.26 Å². The van der Waals surface area contributed by atoms with Crippen molar-refractivity contribution in [3.8, 4) is 6.07 Å². The van der Waals surface area contributed by atoms with E-state index in [9.17, 15) is 4.79 Å². The quantitative estimate of drug-likeness (QED) is 0.803. The highest BCUT2D eigenvalue weighted by molar-refractivity contribution is 6.02. The van der Waals surface area contributed by atoms with Crippen molar-refractivity contribution in [3.63, 3.8) is 0 Å². The number of benzene rings is 1. The van der Waals surface area contributed by atoms with Gasteiger partial charge in [0.2, 0.25) is 5.91 Å². The fourth-order valence-electron chi connectivity index (χ4n) is 1.67. The number of hydrogen-bond acceptors (Lipinski definition) is 2. The molecule has 2 aromatic rings. The molecule has 1 heterocycles. The number of aromatic amines is 1. The third kappa shape index (κ3) is 1.89. The van der Waals surface area contributed by atoms with Crippen LogP contribution in [0.2, 0.25) is 0 Å². The summed E-state index contributed by atoms with van der Waals surface area (Å²) in [6.45, 7) is 1.96. The molecule has 2 rings (SSSR count). The number of nitriles is 1. The second-order valence-electron chi connectivity index (χ2n) is 3.60. The molecule has 0 aliphatic rings. The molecule has 4 nitrogen and oxygen atoms in total. The van der Waals surface area contributed by atoms with Crippen LogP contribution in [0.4, 0.5) is 5.69 Å². The van der Waals surface area contributed by atoms with E-state index in [1.54, 1.807) is 0 Å². The van der Waals surface area contributed by atoms with Crippen LogP contribution >= 0.6 is 0 Å². The molecule has 0 unspecified atom stereocenters. The SMILES string of the molecule is Cc1cc2c(NC(=O)CC#N)cccc2[nH]1. The zero-order valence-corrected chi connectivity index (χ0v) is 8.87. The first kappa shape index (κ1) is 10.2. The van der Waals surface area contributed by atoms with Gasteiger partial charge in [-0.1, -0.05) is 6.07 Å². The number of carbonyl (C=O) groups is 1. The third-order valence-electron chi connectivity index (χ3n) is 2.31. The molecule has 0 spiro atoms. The number of aryl methyl sites for hydroxylation is 1. The average Bonchev–Trinajstić information content (AvgIpc) is 2.60. The Morgan fingerprint density at radius 3 is 3.12 bits per heavy atom. The van der Waals surface area contributed by atoms with Crippen LogP contribution in [0.5, 0.6) is 0 Å². The molecule has 1 amide bonds. The first-order chi connectivity index (χ1) is 7.70. The summed E-state index contributed by atoms with van der Waals surface area (Å²) in [5.41, 5.74) is 2.76. The minimum Gasteiger partial charge on any atom is -0.359 e. The predicted molar refractivity (Wildman–Crippen MR) is 61.9 cm³/mol. The first-order valence-corrected chi connectivity index (χ1v) is 4.96. The summed E-state index contributed by atoms with van der Waals surface area (Å²) in [7, 11) is 0. The number of H-pyrrole nitrogens is 1. The van der Waals surface area contributed by atoms with Gasteiger partial charge < -0.3 is 10.3 Å². The zero-order chi connectivity index (χ0) is 11.5. The van der Waals surface area contributed by atoms with Gasteiger partial charge in [-0.15, -0.1) is 0 Å². The van der Waals surface area contributed by atoms with Crippen LogP contribution in [0, 0.1) is 18.3 Å². The monoisotopic (exact) mass is 213 g/mol. The van der Waals surface area contributed by atoms with Gasteiger partial charge >= 0.3 is 0 Å². The molecule has 0 fully saturated rings. The van der Waals surface area contributed by atoms with Crippen LogP contribution in [0.3, 0.4) is 0 Å². The summed E-state index contributed by atoms with van der Waals surface area (Å²) in [5.74, 6) is -0.283. The van der Waals surface area contributed by atoms with Gasteiger partial charge in [0.15, 0.2) is 0 Å². The molecule has 16 heavy (non-hydrogen) atoms. The van der Waals surface area contributed by atoms with Crippen molar-refractivity contribution in [1.82, 2.24) is 4.98 Å². The maximum atomic E-state index is 11.3. The lowest BCUT2D eigenvalue weighted by atomic mass is 10.2. The molecule has 0 radical (unpaired) electrons. The van der Waals surface area contributed by atoms with Gasteiger partial charge in [-0.2, -0.15) is 5.26 Å². The third-order valence-corrected chi connectivity index (χ3v) is 2.31. The van der Waals surface area contributed by atoms with Crippen molar-refractivity contribution in [1.29, 1.82) is 5.26 Å². The Balaban J connectivity index is 2.37. The summed E-state index contributed by atoms with van der Waals surface area (Å²) in [5, 5.41) is 12.1. The molecule has 1 aromatic carbocycles. The summed E-state index contributed by atoms with van der Waals surface area (Å²) in [6.07, 6.45) is -0.125. The molecule has 1 aromatic heterocycles. The molecule has 0 atom stereocenters. The van der Waals surface area contributed by atoms with Crippen LogP contribution in [0.25, 0.3) is 10.9 Å². The molecule has 0 aliphatic carbocycles. The van der Waals surface area contributed by atoms with E-state index in [-0.39, 0.29) is 12.3 Å². The Labute approximate surface area is 92.9 Å². The van der Waals surface area contributed by atoms with Gasteiger partial charge in [0.05, 0.1) is 11.8 Å². The molecule has 0 bridgehead atoms. The highest BCUT2D eigenvalue weighted by Gasteiger charge is 2.06. The topological polar surface area (TPSA) is 68.7 Å². The van der Waals surface area contributed by atoms with Crippen LogP contribution in [0.1, 0.15) is 12.1 Å². The standard InChI is InChI=1S/C12H11N3O/c1-8-7-9-10(14-8)3-2-4-11(9)15-12(16)5-6-13/h2-4,7,14H,5H2,1H3,(H,15,16). The highest BCUT2D eigenvalue weighted by Crippen LogP contribution is 2.23. The number of aromatic nitrogens is 1. The van der Waals surface area contributed by atoms with E-state index in [1.165, 1.54) is 0 Å². The normalized spacial score (nSPS) is 10.0. The van der Waals surface area contributed by atoms with E-state index >= 15 is 0 Å². The lowest BCUT2D eigenvalue weighted by Gasteiger charge is -2.03. The molecule has 0 saturated carbocycles. The van der Waals surface area contributed by atoms with E-state index < -0.39 is 0 Å². The smallest absolute Gasteiger partial charge is 0.238 e. The molecule has 0 aliphatic heterocycles. The molecular formula is C12H11N3O. The lowest BCUT2D eigenvalue weighted by Crippen LogP contribution is -2.10. The van der Waals surface area contributed by atoms with Crippen molar-refractivity contribution in [3.05, 3.63) is 30.0 Å². The number of nitrogens with zero attached hydrogens (tertiary/aromatic N) is 1. The molecule has 80 valence electrons. The fraction of sp³-hybridized carbons (Fsp3) is 0.167. The number of nitrogens with one attached hydrogen (secondary N) is 2. The Hall–Kier alpha value is -2.28. The number of amides is 1. The van der Waals surface area contributed by atoms with E-state index in [1.807, 2.05) is 37.3 Å². The molecule has 4 heteroatoms. The predicted octanol–water partition coefficient (Wildman–Crippen LogP) is 2.33. The number of rotatable bonds is 2. The van der Waals surface area contributed by atoms with Gasteiger partial charge in [-0.3, -0.25) is 4.79 Å². The van der Waals surface area contributed by atoms with Crippen LogP contribution in [-0.4, -0.2) is 10.9 Å². The minimum absolute atomic E-state index is 0.125. The molecule has 0 saturated heterocycles. The second-order valence-corrected chi connectivity index (χ2v) is 3.60. The van der Waals surface area contributed by atoms with Crippen molar-refractivity contribution < 1.29 is 4.79 Å². The van der Waals surface area contributed by atoms with E-state index in [2.05, 4.69) is 10.3 Å².